The average molecular weight is 210 g/mol. The first-order chi connectivity index (χ1) is 1.00. The lowest BCUT2D eigenvalue weighted by molar-refractivity contribution is 2.81. The molecule has 0 aliphatic carbocycles. The highest BCUT2D eigenvalue weighted by atomic mass is 35.5. The van der Waals surface area contributed by atoms with Crippen molar-refractivity contribution in [1.29, 1.82) is 0 Å². The van der Waals surface area contributed by atoms with Gasteiger partial charge in [0.1, 0.15) is 0 Å². The van der Waals surface area contributed by atoms with Gasteiger partial charge in [-0.15, -0.1) is 75.2 Å². The summed E-state index contributed by atoms with van der Waals surface area (Å²) in [6.45, 7) is 6.00. The van der Waals surface area contributed by atoms with Gasteiger partial charge < -0.3 is 0 Å². The van der Waals surface area contributed by atoms with Crippen LogP contribution in [0.5, 0.6) is 0 Å². The minimum Gasteiger partial charge on any atom is -0.147 e. The Morgan fingerprint density at radius 1 is 0.429 bits per heavy atom. The molecular weight excluding hydrogens is 201 g/mol. The van der Waals surface area contributed by atoms with Crippen LogP contribution in [-0.2, 0) is 0 Å². The van der Waals surface area contributed by atoms with Gasteiger partial charge in [0.05, 0.1) is 0 Å². The molecule has 0 amide bonds. The highest BCUT2D eigenvalue weighted by Gasteiger charge is 0.601. The summed E-state index contributed by atoms with van der Waals surface area (Å²) in [6, 6.07) is 0. The predicted octanol–water partition coefficient (Wildman–Crippen LogP) is 2.91. The molecule has 0 fully saturated rings. The summed E-state index contributed by atoms with van der Waals surface area (Å²) < 4.78 is 0. The highest BCUT2D eigenvalue weighted by molar-refractivity contribution is 5.86. The topological polar surface area (TPSA) is 0 Å². The Morgan fingerprint density at radius 3 is 0.429 bits per heavy atom. The van der Waals surface area contributed by atoms with Crippen molar-refractivity contribution in [3.63, 3.8) is 0 Å². The lowest BCUT2D eigenvalue weighted by Crippen LogP contribution is -0.552. The minimum absolute atomic E-state index is 0. The Bertz CT molecular complexity index is 6.04. The van der Waals surface area contributed by atoms with Gasteiger partial charge in [0.2, 0.25) is 0 Å². The molecule has 52 valence electrons. The molecule has 0 N–H and O–H groups in total. The third kappa shape index (κ3) is 137. The van der Waals surface area contributed by atoms with E-state index in [4.69, 9.17) is 0 Å². The van der Waals surface area contributed by atoms with Crippen LogP contribution in [0.1, 0.15) is 0 Å². The second-order valence-corrected chi connectivity index (χ2v) is 0. The van der Waals surface area contributed by atoms with Crippen LogP contribution in [0.2, 0.25) is 0 Å². The van der Waals surface area contributed by atoms with Crippen molar-refractivity contribution in [1.82, 2.24) is 0 Å². The van der Waals surface area contributed by atoms with Crippen molar-refractivity contribution < 1.29 is 0 Å². The van der Waals surface area contributed by atoms with Gasteiger partial charge in [-0.3, -0.25) is 0 Å². The van der Waals surface area contributed by atoms with Gasteiger partial charge in [-0.05, 0) is 0 Å². The Hall–Kier alpha value is 1.19. The van der Waals surface area contributed by atoms with E-state index in [0.717, 1.165) is 0 Å². The van der Waals surface area contributed by atoms with Gasteiger partial charge >= 0.3 is 0 Å². The molecule has 0 radical (unpaired) electrons. The quantitative estimate of drug-likeness (QED) is 0.539. The molecule has 0 rings (SSSR count). The fourth-order valence-electron chi connectivity index (χ4n) is 0. The zero-order chi connectivity index (χ0) is 2.00. The largest absolute Gasteiger partial charge is 0.147 e. The Kier molecular flexibility index (Phi) is 2450. The van der Waals surface area contributed by atoms with Gasteiger partial charge in [0, 0.05) is 0 Å². The molecule has 0 aromatic rings. The smallest absolute Gasteiger partial charge is 0.106 e. The molecule has 0 saturated heterocycles. The minimum atomic E-state index is 0. The first-order valence-electron chi connectivity index (χ1n) is 0.500. The summed E-state index contributed by atoms with van der Waals surface area (Å²) >= 11 is 0. The molecular formula is C2H9Cl5. The molecule has 5 heteroatoms. The van der Waals surface area contributed by atoms with Crippen LogP contribution in [-0.4, -0.2) is 0 Å². The van der Waals surface area contributed by atoms with Crippen LogP contribution in [0, 0.1) is 0 Å². The fraction of sp³-hybridized carbons (Fsp3) is 0. The molecule has 0 atom stereocenters. The fourth-order valence-corrected chi connectivity index (χ4v) is 0. The van der Waals surface area contributed by atoms with E-state index in [1.807, 2.05) is 0 Å². The van der Waals surface area contributed by atoms with E-state index >= 15 is 0 Å². The van der Waals surface area contributed by atoms with E-state index in [0.29, 0.717) is 0 Å². The van der Waals surface area contributed by atoms with Gasteiger partial charge in [-0.1, -0.05) is 0 Å². The van der Waals surface area contributed by atoms with Gasteiger partial charge in [-0.2, -0.15) is 0 Å². The van der Waals surface area contributed by atoms with Crippen molar-refractivity contribution in [3.8, 4) is 0 Å². The lowest BCUT2D eigenvalue weighted by atomic mass is 11.3. The number of halogens is 5. The van der Waals surface area contributed by atoms with Gasteiger partial charge in [0.25, 0.3) is 0 Å². The summed E-state index contributed by atoms with van der Waals surface area (Å²) in [6.07, 6.45) is 0. The molecule has 0 bridgehead atoms. The zero-order valence-electron chi connectivity index (χ0n) is 3.46. The number of hydrogen-bond donors (Lipinski definition) is 0. The standard InChI is InChI=1S/C2H4.5ClH/c1-2;;;;;/h1-2H2;5*1H. The van der Waals surface area contributed by atoms with Crippen molar-refractivity contribution in [2.45, 2.75) is 0 Å². The molecule has 7 heavy (non-hydrogen) atoms. The molecule has 0 aromatic carbocycles. The molecule has 0 aromatic heterocycles. The number of hydrogen-bond acceptors (Lipinski definition) is 0. The van der Waals surface area contributed by atoms with Gasteiger partial charge in [-0.25, -0.2) is 0 Å². The van der Waals surface area contributed by atoms with Crippen molar-refractivity contribution in [2.75, 3.05) is 0 Å². The number of rotatable bonds is 0. The normalized spacial score (nSPS) is 0.571. The van der Waals surface area contributed by atoms with Crippen LogP contribution in [0.25, 0.3) is 0 Å². The van der Waals surface area contributed by atoms with E-state index in [2.05, 4.69) is 13.2 Å². The summed E-state index contributed by atoms with van der Waals surface area (Å²) in [5, 5.41) is 0. The zero-order valence-corrected chi connectivity index (χ0v) is 7.54. The maximum absolute atomic E-state index is 3.00. The van der Waals surface area contributed by atoms with E-state index in [1.165, 1.54) is 0 Å². The van der Waals surface area contributed by atoms with E-state index in [9.17, 15) is 0 Å². The third-order valence-electron chi connectivity index (χ3n) is 0. The molecule has 0 aliphatic rings. The van der Waals surface area contributed by atoms with Gasteiger partial charge in [0.15, 0.2) is 0 Å². The van der Waals surface area contributed by atoms with E-state index in [-0.39, 0.29) is 62.0 Å². The highest BCUT2D eigenvalue weighted by Crippen LogP contribution is 0.862. The Morgan fingerprint density at radius 2 is 0.429 bits per heavy atom. The first kappa shape index (κ1) is 88.3. The van der Waals surface area contributed by atoms with E-state index in [1.54, 1.807) is 0 Å². The predicted molar refractivity (Wildman–Crippen MR) is 47.5 cm³/mol. The Balaban J connectivity index is -0.000000000500. The van der Waals surface area contributed by atoms with Crippen LogP contribution >= 0.6 is 62.0 Å². The van der Waals surface area contributed by atoms with Crippen molar-refractivity contribution in [3.05, 3.63) is 13.2 Å². The second-order valence-electron chi connectivity index (χ2n) is 0. The molecule has 0 heterocycles. The molecule has 0 unspecified atom stereocenters. The maximum atomic E-state index is 3.00. The second kappa shape index (κ2) is 195. The summed E-state index contributed by atoms with van der Waals surface area (Å²) in [4.78, 5) is 0. The van der Waals surface area contributed by atoms with Crippen LogP contribution in [0.15, 0.2) is 13.2 Å². The van der Waals surface area contributed by atoms with Crippen LogP contribution < -0.4 is 0 Å². The Labute approximate surface area is 75.2 Å². The molecule has 0 saturated carbocycles. The summed E-state index contributed by atoms with van der Waals surface area (Å²) in [7, 11) is 0. The molecule has 0 aliphatic heterocycles. The van der Waals surface area contributed by atoms with E-state index < -0.39 is 0 Å². The van der Waals surface area contributed by atoms with Crippen LogP contribution in [0.3, 0.4) is 0 Å². The average Bonchev–Trinajstić information content (AvgIpc) is 1.00. The van der Waals surface area contributed by atoms with Crippen molar-refractivity contribution in [2.24, 2.45) is 0 Å². The third-order valence-corrected chi connectivity index (χ3v) is 0. The first-order valence-corrected chi connectivity index (χ1v) is 0.500. The summed E-state index contributed by atoms with van der Waals surface area (Å²) in [5.41, 5.74) is 0. The maximum Gasteiger partial charge on any atom is -0.106 e. The van der Waals surface area contributed by atoms with Crippen LogP contribution in [0.4, 0.5) is 0 Å². The SMILES string of the molecule is C=C.Cl.Cl.Cl.Cl.Cl. The molecule has 0 nitrogen and oxygen atoms in total. The molecule has 0 spiro atoms. The summed E-state index contributed by atoms with van der Waals surface area (Å²) in [5.74, 6) is 0. The lowest BCUT2D eigenvalue weighted by Gasteiger charge is -0.813. The monoisotopic (exact) mass is 208 g/mol. The van der Waals surface area contributed by atoms with Crippen molar-refractivity contribution >= 4 is 62.0 Å².